The van der Waals surface area contributed by atoms with Crippen molar-refractivity contribution in [1.82, 2.24) is 4.90 Å². The van der Waals surface area contributed by atoms with Gasteiger partial charge in [-0.15, -0.1) is 0 Å². The topological polar surface area (TPSA) is 122 Å². The van der Waals surface area contributed by atoms with Crippen molar-refractivity contribution < 1.29 is 14.3 Å². The Balaban J connectivity index is 1.45. The van der Waals surface area contributed by atoms with E-state index in [0.717, 1.165) is 44.9 Å². The Morgan fingerprint density at radius 3 is 2.86 bits per heavy atom. The van der Waals surface area contributed by atoms with Gasteiger partial charge < -0.3 is 21.1 Å². The predicted octanol–water partition coefficient (Wildman–Crippen LogP) is 1.55. The van der Waals surface area contributed by atoms with E-state index in [4.69, 9.17) is 16.2 Å². The number of hydrogen-bond donors (Lipinski definition) is 2. The smallest absolute Gasteiger partial charge is 0.319 e. The fourth-order valence-corrected chi connectivity index (χ4v) is 6.82. The highest BCUT2D eigenvalue weighted by Crippen LogP contribution is 2.56. The van der Waals surface area contributed by atoms with E-state index in [1.807, 2.05) is 4.90 Å². The van der Waals surface area contributed by atoms with E-state index in [-0.39, 0.29) is 35.9 Å². The molecule has 0 radical (unpaired) electrons. The summed E-state index contributed by atoms with van der Waals surface area (Å²) in [7, 11) is 0. The van der Waals surface area contributed by atoms with Crippen molar-refractivity contribution in [3.05, 3.63) is 0 Å². The summed E-state index contributed by atoms with van der Waals surface area (Å²) in [5.74, 6) is 1.59. The van der Waals surface area contributed by atoms with Crippen LogP contribution >= 0.6 is 0 Å². The molecule has 4 N–H and O–H groups in total. The zero-order valence-electron chi connectivity index (χ0n) is 17.4. The van der Waals surface area contributed by atoms with Gasteiger partial charge in [0.2, 0.25) is 5.91 Å². The summed E-state index contributed by atoms with van der Waals surface area (Å²) < 4.78 is 5.19. The lowest BCUT2D eigenvalue weighted by Crippen LogP contribution is -2.58. The molecule has 0 spiro atoms. The van der Waals surface area contributed by atoms with Crippen LogP contribution in [0.4, 0.5) is 0 Å². The van der Waals surface area contributed by atoms with Crippen LogP contribution in [0.2, 0.25) is 0 Å². The average molecular weight is 403 g/mol. The van der Waals surface area contributed by atoms with E-state index in [1.165, 1.54) is 6.42 Å². The first-order valence-corrected chi connectivity index (χ1v) is 11.2. The van der Waals surface area contributed by atoms with E-state index >= 15 is 0 Å². The lowest BCUT2D eigenvalue weighted by atomic mass is 9.55. The van der Waals surface area contributed by atoms with Gasteiger partial charge in [0.1, 0.15) is 6.04 Å². The van der Waals surface area contributed by atoms with E-state index in [9.17, 15) is 14.9 Å². The summed E-state index contributed by atoms with van der Waals surface area (Å²) in [4.78, 5) is 26.7. The molecule has 4 aliphatic rings. The molecule has 8 unspecified atom stereocenters. The van der Waals surface area contributed by atoms with Gasteiger partial charge in [-0.2, -0.15) is 5.26 Å². The SMILES string of the molecule is CC1C2CC(C#N)N(C(=O)C(N)C34CCCC(CC(CCOC(=O)CN)C3)C4)C12. The molecule has 0 aromatic carbocycles. The van der Waals surface area contributed by atoms with Gasteiger partial charge in [-0.3, -0.25) is 9.59 Å². The Labute approximate surface area is 173 Å². The maximum Gasteiger partial charge on any atom is 0.319 e. The van der Waals surface area contributed by atoms with Crippen LogP contribution in [0.15, 0.2) is 0 Å². The molecule has 1 aliphatic heterocycles. The molecule has 1 amide bonds. The molecule has 0 aromatic rings. The molecule has 7 heteroatoms. The number of likely N-dealkylation sites (tertiary alicyclic amines) is 1. The van der Waals surface area contributed by atoms with Crippen molar-refractivity contribution in [2.75, 3.05) is 13.2 Å². The molecular formula is C22H34N4O3. The van der Waals surface area contributed by atoms with Crippen LogP contribution in [-0.4, -0.2) is 48.1 Å². The average Bonchev–Trinajstić information content (AvgIpc) is 3.16. The van der Waals surface area contributed by atoms with Gasteiger partial charge in [0.15, 0.2) is 0 Å². The number of carbonyl (C=O) groups is 2. The lowest BCUT2D eigenvalue weighted by Gasteiger charge is -2.51. The Bertz CT molecular complexity index is 707. The molecule has 4 rings (SSSR count). The van der Waals surface area contributed by atoms with Gasteiger partial charge in [-0.25, -0.2) is 0 Å². The van der Waals surface area contributed by atoms with Crippen molar-refractivity contribution in [3.63, 3.8) is 0 Å². The van der Waals surface area contributed by atoms with E-state index in [0.29, 0.717) is 30.3 Å². The predicted molar refractivity (Wildman–Crippen MR) is 107 cm³/mol. The van der Waals surface area contributed by atoms with Gasteiger partial charge in [0.25, 0.3) is 0 Å². The zero-order valence-corrected chi connectivity index (χ0v) is 17.4. The van der Waals surface area contributed by atoms with Crippen molar-refractivity contribution >= 4 is 11.9 Å². The number of amides is 1. The summed E-state index contributed by atoms with van der Waals surface area (Å²) >= 11 is 0. The van der Waals surface area contributed by atoms with E-state index in [2.05, 4.69) is 13.0 Å². The van der Waals surface area contributed by atoms with Gasteiger partial charge in [-0.05, 0) is 67.6 Å². The molecule has 4 fully saturated rings. The van der Waals surface area contributed by atoms with Crippen molar-refractivity contribution in [2.45, 2.75) is 76.4 Å². The van der Waals surface area contributed by atoms with Gasteiger partial charge in [0, 0.05) is 6.04 Å². The number of nitrogens with zero attached hydrogens (tertiary/aromatic N) is 2. The van der Waals surface area contributed by atoms with Crippen LogP contribution in [0.5, 0.6) is 0 Å². The third kappa shape index (κ3) is 3.66. The number of carbonyl (C=O) groups excluding carboxylic acids is 2. The number of ether oxygens (including phenoxy) is 1. The van der Waals surface area contributed by atoms with Crippen molar-refractivity contribution in [3.8, 4) is 6.07 Å². The minimum absolute atomic E-state index is 0.00994. The van der Waals surface area contributed by atoms with Crippen LogP contribution in [0.3, 0.4) is 0 Å². The van der Waals surface area contributed by atoms with Crippen molar-refractivity contribution in [2.24, 2.45) is 40.6 Å². The second-order valence-electron chi connectivity index (χ2n) is 9.96. The fraction of sp³-hybridized carbons (Fsp3) is 0.864. The molecule has 8 atom stereocenters. The zero-order chi connectivity index (χ0) is 20.8. The first-order valence-electron chi connectivity index (χ1n) is 11.2. The maximum atomic E-state index is 13.5. The number of nitrogens with two attached hydrogens (primary N) is 2. The molecule has 1 saturated heterocycles. The van der Waals surface area contributed by atoms with E-state index < -0.39 is 6.04 Å². The van der Waals surface area contributed by atoms with Gasteiger partial charge in [0.05, 0.1) is 25.3 Å². The number of nitriles is 1. The molecule has 3 aliphatic carbocycles. The lowest BCUT2D eigenvalue weighted by molar-refractivity contribution is -0.142. The third-order valence-electron chi connectivity index (χ3n) is 8.29. The Morgan fingerprint density at radius 1 is 1.34 bits per heavy atom. The highest BCUT2D eigenvalue weighted by atomic mass is 16.5. The quantitative estimate of drug-likeness (QED) is 0.650. The summed E-state index contributed by atoms with van der Waals surface area (Å²) in [5.41, 5.74) is 11.8. The molecule has 0 aromatic heterocycles. The molecule has 29 heavy (non-hydrogen) atoms. The highest BCUT2D eigenvalue weighted by molar-refractivity contribution is 5.84. The third-order valence-corrected chi connectivity index (χ3v) is 8.29. The number of esters is 1. The van der Waals surface area contributed by atoms with Crippen LogP contribution in [-0.2, 0) is 14.3 Å². The van der Waals surface area contributed by atoms with Gasteiger partial charge in [-0.1, -0.05) is 19.8 Å². The van der Waals surface area contributed by atoms with Crippen LogP contribution < -0.4 is 11.5 Å². The second kappa shape index (κ2) is 7.88. The molecule has 160 valence electrons. The normalized spacial score (nSPS) is 41.2. The largest absolute Gasteiger partial charge is 0.465 e. The molecule has 2 bridgehead atoms. The van der Waals surface area contributed by atoms with Crippen LogP contribution in [0, 0.1) is 40.4 Å². The Morgan fingerprint density at radius 2 is 2.14 bits per heavy atom. The summed E-state index contributed by atoms with van der Waals surface area (Å²) in [5, 5.41) is 9.55. The molecule has 1 heterocycles. The highest BCUT2D eigenvalue weighted by Gasteiger charge is 2.62. The minimum Gasteiger partial charge on any atom is -0.465 e. The number of rotatable bonds is 6. The monoisotopic (exact) mass is 402 g/mol. The number of fused-ring (bicyclic) bond motifs is 3. The summed E-state index contributed by atoms with van der Waals surface area (Å²) in [6.07, 6.45) is 7.92. The van der Waals surface area contributed by atoms with Crippen LogP contribution in [0.1, 0.15) is 58.3 Å². The first-order chi connectivity index (χ1) is 13.9. The van der Waals surface area contributed by atoms with Crippen molar-refractivity contribution in [1.29, 1.82) is 5.26 Å². The maximum absolute atomic E-state index is 13.5. The summed E-state index contributed by atoms with van der Waals surface area (Å²) in [6.45, 7) is 2.46. The number of piperidine rings is 1. The fourth-order valence-electron chi connectivity index (χ4n) is 6.82. The molecular weight excluding hydrogens is 368 g/mol. The minimum atomic E-state index is -0.540. The first kappa shape index (κ1) is 20.6. The number of hydrogen-bond acceptors (Lipinski definition) is 6. The van der Waals surface area contributed by atoms with Gasteiger partial charge >= 0.3 is 5.97 Å². The molecule has 7 nitrogen and oxygen atoms in total. The Kier molecular flexibility index (Phi) is 5.60. The summed E-state index contributed by atoms with van der Waals surface area (Å²) in [6, 6.07) is 1.69. The molecule has 3 saturated carbocycles. The second-order valence-corrected chi connectivity index (χ2v) is 9.96. The Hall–Kier alpha value is -1.65. The van der Waals surface area contributed by atoms with E-state index in [1.54, 1.807) is 0 Å². The van der Waals surface area contributed by atoms with Crippen LogP contribution in [0.25, 0.3) is 0 Å². The standard InChI is InChI=1S/C22H34N4O3/c1-13-17-8-16(11-23)26(19(13)17)21(28)20(25)22-5-2-3-14(9-22)7-15(10-22)4-6-29-18(27)12-24/h13-17,19-20H,2-10,12,24-25H2,1H3.